The number of hydrogen-bond donors (Lipinski definition) is 2. The van der Waals surface area contributed by atoms with E-state index in [4.69, 9.17) is 15.2 Å². The molecule has 0 saturated carbocycles. The lowest BCUT2D eigenvalue weighted by Crippen LogP contribution is -2.23. The molecule has 2 heterocycles. The molecular formula is C16H20N4O5S3. The Hall–Kier alpha value is -2.18. The predicted octanol–water partition coefficient (Wildman–Crippen LogP) is 2.96. The van der Waals surface area contributed by atoms with Crippen LogP contribution in [0.1, 0.15) is 46.4 Å². The second-order valence-corrected chi connectivity index (χ2v) is 8.97. The van der Waals surface area contributed by atoms with E-state index in [-0.39, 0.29) is 34.6 Å². The van der Waals surface area contributed by atoms with E-state index in [1.807, 2.05) is 0 Å². The van der Waals surface area contributed by atoms with Crippen LogP contribution in [-0.4, -0.2) is 46.5 Å². The van der Waals surface area contributed by atoms with Crippen LogP contribution >= 0.6 is 34.4 Å². The summed E-state index contributed by atoms with van der Waals surface area (Å²) in [5.74, 6) is -1.52. The summed E-state index contributed by atoms with van der Waals surface area (Å²) >= 11 is 3.35. The minimum Gasteiger partial charge on any atom is -0.462 e. The molecule has 2 rings (SSSR count). The van der Waals surface area contributed by atoms with Gasteiger partial charge in [-0.25, -0.2) is 9.59 Å². The average Bonchev–Trinajstić information content (AvgIpc) is 3.18. The molecule has 0 spiro atoms. The van der Waals surface area contributed by atoms with Crippen LogP contribution in [0.3, 0.4) is 0 Å². The summed E-state index contributed by atoms with van der Waals surface area (Å²) in [6.45, 7) is 7.04. The minimum atomic E-state index is -0.612. The van der Waals surface area contributed by atoms with Crippen molar-refractivity contribution in [3.05, 3.63) is 16.0 Å². The summed E-state index contributed by atoms with van der Waals surface area (Å²) in [6.07, 6.45) is 0. The number of ether oxygens (including phenoxy) is 2. The van der Waals surface area contributed by atoms with Crippen molar-refractivity contribution in [3.8, 4) is 0 Å². The molecule has 1 amide bonds. The van der Waals surface area contributed by atoms with Crippen LogP contribution in [0.25, 0.3) is 0 Å². The van der Waals surface area contributed by atoms with E-state index >= 15 is 0 Å². The van der Waals surface area contributed by atoms with Gasteiger partial charge in [0.25, 0.3) is 0 Å². The van der Waals surface area contributed by atoms with Gasteiger partial charge in [-0.2, -0.15) is 0 Å². The molecule has 1 unspecified atom stereocenters. The van der Waals surface area contributed by atoms with E-state index in [1.54, 1.807) is 27.7 Å². The zero-order valence-corrected chi connectivity index (χ0v) is 18.2. The van der Waals surface area contributed by atoms with Gasteiger partial charge >= 0.3 is 11.9 Å². The summed E-state index contributed by atoms with van der Waals surface area (Å²) in [4.78, 5) is 37.4. The van der Waals surface area contributed by atoms with Gasteiger partial charge in [0.2, 0.25) is 11.0 Å². The fraction of sp³-hybridized carbons (Fsp3) is 0.438. The highest BCUT2D eigenvalue weighted by molar-refractivity contribution is 8.02. The smallest absolute Gasteiger partial charge is 0.348 e. The van der Waals surface area contributed by atoms with Gasteiger partial charge in [0.05, 0.1) is 24.0 Å². The van der Waals surface area contributed by atoms with Gasteiger partial charge in [-0.15, -0.1) is 21.5 Å². The first kappa shape index (κ1) is 22.1. The van der Waals surface area contributed by atoms with E-state index in [9.17, 15) is 14.4 Å². The van der Waals surface area contributed by atoms with Crippen molar-refractivity contribution in [2.24, 2.45) is 0 Å². The number of carbonyl (C=O) groups excluding carboxylic acids is 3. The Kier molecular flexibility index (Phi) is 7.78. The zero-order valence-electron chi connectivity index (χ0n) is 15.7. The average molecular weight is 445 g/mol. The van der Waals surface area contributed by atoms with Crippen LogP contribution in [0.5, 0.6) is 0 Å². The maximum Gasteiger partial charge on any atom is 0.348 e. The Morgan fingerprint density at radius 2 is 1.79 bits per heavy atom. The number of thiophene rings is 1. The monoisotopic (exact) mass is 444 g/mol. The summed E-state index contributed by atoms with van der Waals surface area (Å²) in [6, 6.07) is 0. The lowest BCUT2D eigenvalue weighted by Gasteiger charge is -2.10. The van der Waals surface area contributed by atoms with Crippen molar-refractivity contribution in [2.75, 3.05) is 24.3 Å². The van der Waals surface area contributed by atoms with Crippen LogP contribution < -0.4 is 11.1 Å². The molecule has 3 N–H and O–H groups in total. The molecule has 12 heteroatoms. The Labute approximate surface area is 174 Å². The second kappa shape index (κ2) is 9.85. The molecule has 0 bridgehead atoms. The first-order chi connectivity index (χ1) is 13.3. The number of anilines is 2. The topological polar surface area (TPSA) is 133 Å². The van der Waals surface area contributed by atoms with E-state index in [0.717, 1.165) is 11.3 Å². The summed E-state index contributed by atoms with van der Waals surface area (Å²) < 4.78 is 10.7. The SMILES string of the molecule is CCOC(=O)c1sc(NC(=O)C(C)Sc2nnc(N)s2)c(C(=O)OCC)c1C. The number of nitrogens with one attached hydrogen (secondary N) is 1. The van der Waals surface area contributed by atoms with Crippen molar-refractivity contribution in [1.29, 1.82) is 0 Å². The molecule has 9 nitrogen and oxygen atoms in total. The number of carbonyl (C=O) groups is 3. The number of amides is 1. The fourth-order valence-electron chi connectivity index (χ4n) is 2.13. The minimum absolute atomic E-state index is 0.153. The molecule has 0 aromatic carbocycles. The molecule has 0 fully saturated rings. The molecule has 2 aromatic heterocycles. The Morgan fingerprint density at radius 1 is 1.14 bits per heavy atom. The third-order valence-corrected chi connectivity index (χ3v) is 6.52. The molecule has 152 valence electrons. The molecule has 0 radical (unpaired) electrons. The molecule has 28 heavy (non-hydrogen) atoms. The number of hydrogen-bond acceptors (Lipinski definition) is 11. The summed E-state index contributed by atoms with van der Waals surface area (Å²) in [7, 11) is 0. The normalized spacial score (nSPS) is 11.7. The number of nitrogens with two attached hydrogens (primary N) is 1. The molecule has 0 aliphatic carbocycles. The van der Waals surface area contributed by atoms with E-state index in [1.165, 1.54) is 23.1 Å². The highest BCUT2D eigenvalue weighted by Gasteiger charge is 2.28. The second-order valence-electron chi connectivity index (χ2n) is 5.36. The molecule has 2 aromatic rings. The number of rotatable bonds is 8. The first-order valence-electron chi connectivity index (χ1n) is 8.32. The van der Waals surface area contributed by atoms with Gasteiger partial charge in [0.15, 0.2) is 4.34 Å². The van der Waals surface area contributed by atoms with Crippen LogP contribution in [0.15, 0.2) is 4.34 Å². The van der Waals surface area contributed by atoms with Crippen molar-refractivity contribution in [1.82, 2.24) is 10.2 Å². The van der Waals surface area contributed by atoms with Crippen molar-refractivity contribution in [2.45, 2.75) is 37.3 Å². The summed E-state index contributed by atoms with van der Waals surface area (Å²) in [5.41, 5.74) is 6.11. The van der Waals surface area contributed by atoms with Gasteiger partial charge in [-0.3, -0.25) is 4.79 Å². The third kappa shape index (κ3) is 5.20. The molecule has 0 aliphatic heterocycles. The number of aromatic nitrogens is 2. The van der Waals surface area contributed by atoms with Gasteiger partial charge < -0.3 is 20.5 Å². The Bertz CT molecular complexity index is 880. The number of thioether (sulfide) groups is 1. The van der Waals surface area contributed by atoms with Crippen LogP contribution in [0.2, 0.25) is 0 Å². The number of nitrogens with zero attached hydrogens (tertiary/aromatic N) is 2. The van der Waals surface area contributed by atoms with Crippen molar-refractivity contribution < 1.29 is 23.9 Å². The van der Waals surface area contributed by atoms with Crippen LogP contribution in [0.4, 0.5) is 10.1 Å². The number of esters is 2. The Morgan fingerprint density at radius 3 is 2.36 bits per heavy atom. The molecule has 0 aliphatic rings. The Balaban J connectivity index is 2.26. The third-order valence-electron chi connectivity index (χ3n) is 3.39. The van der Waals surface area contributed by atoms with E-state index in [2.05, 4.69) is 15.5 Å². The zero-order chi connectivity index (χ0) is 20.8. The van der Waals surface area contributed by atoms with Crippen molar-refractivity contribution in [3.63, 3.8) is 0 Å². The lowest BCUT2D eigenvalue weighted by molar-refractivity contribution is -0.115. The van der Waals surface area contributed by atoms with Gasteiger partial charge in [0, 0.05) is 0 Å². The van der Waals surface area contributed by atoms with Gasteiger partial charge in [-0.1, -0.05) is 23.1 Å². The highest BCUT2D eigenvalue weighted by atomic mass is 32.2. The molecule has 0 saturated heterocycles. The molecular weight excluding hydrogens is 424 g/mol. The standard InChI is InChI=1S/C16H20N4O5S3/c1-5-24-13(22)9-7(3)10(14(23)25-6-2)27-12(9)18-11(21)8(4)26-16-20-19-15(17)28-16/h8H,5-6H2,1-4H3,(H2,17,19)(H,18,21). The quantitative estimate of drug-likeness (QED) is 0.465. The van der Waals surface area contributed by atoms with Crippen LogP contribution in [-0.2, 0) is 14.3 Å². The fourth-order valence-corrected chi connectivity index (χ4v) is 5.00. The summed E-state index contributed by atoms with van der Waals surface area (Å²) in [5, 5.41) is 10.3. The van der Waals surface area contributed by atoms with Gasteiger partial charge in [0.1, 0.15) is 9.88 Å². The maximum atomic E-state index is 12.6. The van der Waals surface area contributed by atoms with E-state index in [0.29, 0.717) is 15.0 Å². The predicted molar refractivity (Wildman–Crippen MR) is 109 cm³/mol. The largest absolute Gasteiger partial charge is 0.462 e. The molecule has 1 atom stereocenters. The maximum absolute atomic E-state index is 12.6. The van der Waals surface area contributed by atoms with E-state index < -0.39 is 17.2 Å². The van der Waals surface area contributed by atoms with Crippen molar-refractivity contribution >= 4 is 62.4 Å². The lowest BCUT2D eigenvalue weighted by atomic mass is 10.1. The van der Waals surface area contributed by atoms with Crippen LogP contribution in [0, 0.1) is 6.92 Å². The first-order valence-corrected chi connectivity index (χ1v) is 10.8. The number of nitrogen functional groups attached to an aromatic ring is 1. The van der Waals surface area contributed by atoms with Gasteiger partial charge in [-0.05, 0) is 33.3 Å². The highest BCUT2D eigenvalue weighted by Crippen LogP contribution is 2.35.